The molecular formula is C26H19F2N5O2S. The lowest BCUT2D eigenvalue weighted by Gasteiger charge is -2.13. The van der Waals surface area contributed by atoms with E-state index in [0.29, 0.717) is 28.5 Å². The third kappa shape index (κ3) is 4.41. The molecule has 0 radical (unpaired) electrons. The Kier molecular flexibility index (Phi) is 5.73. The molecule has 0 saturated heterocycles. The van der Waals surface area contributed by atoms with Gasteiger partial charge >= 0.3 is 0 Å². The second-order valence-electron chi connectivity index (χ2n) is 8.03. The van der Waals surface area contributed by atoms with Crippen LogP contribution in [0.4, 0.5) is 26.1 Å². The van der Waals surface area contributed by atoms with Gasteiger partial charge in [-0.15, -0.1) is 0 Å². The Morgan fingerprint density at radius 3 is 2.31 bits per heavy atom. The fourth-order valence-corrected chi connectivity index (χ4v) is 4.95. The lowest BCUT2D eigenvalue weighted by atomic mass is 10.0. The number of pyridine rings is 2. The van der Waals surface area contributed by atoms with Crippen LogP contribution >= 0.6 is 0 Å². The smallest absolute Gasteiger partial charge is 0.264 e. The van der Waals surface area contributed by atoms with Crippen molar-refractivity contribution in [2.45, 2.75) is 4.90 Å². The quantitative estimate of drug-likeness (QED) is 0.303. The predicted molar refractivity (Wildman–Crippen MR) is 136 cm³/mol. The number of aromatic nitrogens is 2. The Bertz CT molecular complexity index is 1730. The number of nitrogens with one attached hydrogen (secondary N) is 1. The monoisotopic (exact) mass is 503 g/mol. The molecule has 7 nitrogen and oxygen atoms in total. The van der Waals surface area contributed by atoms with Crippen LogP contribution in [0, 0.1) is 11.6 Å². The maximum Gasteiger partial charge on any atom is 0.264 e. The van der Waals surface area contributed by atoms with Gasteiger partial charge in [-0.05, 0) is 47.5 Å². The molecule has 5 N–H and O–H groups in total. The highest BCUT2D eigenvalue weighted by atomic mass is 32.2. The molecule has 5 rings (SSSR count). The minimum atomic E-state index is -4.39. The number of anilines is 3. The van der Waals surface area contributed by atoms with Crippen LogP contribution in [-0.4, -0.2) is 18.4 Å². The van der Waals surface area contributed by atoms with Crippen molar-refractivity contribution in [2.75, 3.05) is 16.2 Å². The van der Waals surface area contributed by atoms with Crippen molar-refractivity contribution in [3.8, 4) is 22.3 Å². The molecule has 36 heavy (non-hydrogen) atoms. The van der Waals surface area contributed by atoms with Crippen molar-refractivity contribution in [1.82, 2.24) is 9.97 Å². The number of fused-ring (bicyclic) bond motifs is 1. The minimum absolute atomic E-state index is 0.0447. The zero-order valence-corrected chi connectivity index (χ0v) is 19.4. The fourth-order valence-electron chi connectivity index (χ4n) is 3.83. The Morgan fingerprint density at radius 2 is 1.56 bits per heavy atom. The van der Waals surface area contributed by atoms with E-state index in [9.17, 15) is 17.2 Å². The first-order valence-electron chi connectivity index (χ1n) is 10.7. The molecule has 2 heterocycles. The van der Waals surface area contributed by atoms with E-state index in [1.807, 2.05) is 42.5 Å². The van der Waals surface area contributed by atoms with Crippen LogP contribution in [0.25, 0.3) is 33.2 Å². The molecule has 180 valence electrons. The van der Waals surface area contributed by atoms with Gasteiger partial charge in [0.25, 0.3) is 10.0 Å². The van der Waals surface area contributed by atoms with Crippen LogP contribution < -0.4 is 16.2 Å². The Labute approximate surface area is 205 Å². The Hall–Kier alpha value is -4.57. The van der Waals surface area contributed by atoms with Crippen LogP contribution in [0.5, 0.6) is 0 Å². The molecular weight excluding hydrogens is 484 g/mol. The van der Waals surface area contributed by atoms with E-state index in [-0.39, 0.29) is 11.5 Å². The molecule has 0 atom stereocenters. The van der Waals surface area contributed by atoms with Gasteiger partial charge in [0.1, 0.15) is 28.2 Å². The van der Waals surface area contributed by atoms with E-state index in [2.05, 4.69) is 14.7 Å². The van der Waals surface area contributed by atoms with Gasteiger partial charge in [-0.1, -0.05) is 36.4 Å². The van der Waals surface area contributed by atoms with E-state index in [4.69, 9.17) is 11.5 Å². The van der Waals surface area contributed by atoms with Crippen molar-refractivity contribution < 1.29 is 17.2 Å². The first kappa shape index (κ1) is 23.2. The Balaban J connectivity index is 1.53. The summed E-state index contributed by atoms with van der Waals surface area (Å²) < 4.78 is 55.0. The fraction of sp³-hybridized carbons (Fsp3) is 0. The summed E-state index contributed by atoms with van der Waals surface area (Å²) in [6.07, 6.45) is 1.50. The number of rotatable bonds is 5. The molecule has 3 aromatic carbocycles. The number of halogens is 2. The van der Waals surface area contributed by atoms with Gasteiger partial charge in [-0.2, -0.15) is 0 Å². The number of benzene rings is 3. The van der Waals surface area contributed by atoms with Crippen molar-refractivity contribution in [2.24, 2.45) is 0 Å². The maximum absolute atomic E-state index is 14.1. The van der Waals surface area contributed by atoms with Gasteiger partial charge in [-0.25, -0.2) is 27.2 Å². The van der Waals surface area contributed by atoms with E-state index in [1.54, 1.807) is 12.1 Å². The summed E-state index contributed by atoms with van der Waals surface area (Å²) in [7, 11) is -4.39. The van der Waals surface area contributed by atoms with Crippen molar-refractivity contribution in [3.63, 3.8) is 0 Å². The summed E-state index contributed by atoms with van der Waals surface area (Å²) in [5.41, 5.74) is 15.7. The highest BCUT2D eigenvalue weighted by Gasteiger charge is 2.21. The first-order chi connectivity index (χ1) is 17.2. The van der Waals surface area contributed by atoms with Gasteiger partial charge in [-0.3, -0.25) is 4.72 Å². The number of nitrogen functional groups attached to an aromatic ring is 2. The molecule has 0 bridgehead atoms. The number of nitrogens with two attached hydrogens (primary N) is 2. The highest BCUT2D eigenvalue weighted by molar-refractivity contribution is 7.92. The van der Waals surface area contributed by atoms with Crippen molar-refractivity contribution >= 4 is 38.2 Å². The third-order valence-electron chi connectivity index (χ3n) is 5.61. The van der Waals surface area contributed by atoms with Gasteiger partial charge in [0.15, 0.2) is 0 Å². The zero-order chi connectivity index (χ0) is 25.4. The summed E-state index contributed by atoms with van der Waals surface area (Å²) >= 11 is 0. The Morgan fingerprint density at radius 1 is 0.778 bits per heavy atom. The van der Waals surface area contributed by atoms with Gasteiger partial charge in [0.05, 0.1) is 11.2 Å². The van der Waals surface area contributed by atoms with Crippen LogP contribution in [0.15, 0.2) is 90.0 Å². The minimum Gasteiger partial charge on any atom is -0.383 e. The molecule has 0 aliphatic rings. The number of hydrogen-bond acceptors (Lipinski definition) is 6. The molecule has 0 amide bonds. The molecule has 0 fully saturated rings. The summed E-state index contributed by atoms with van der Waals surface area (Å²) in [6, 6.07) is 20.7. The average molecular weight is 504 g/mol. The number of nitrogens with zero attached hydrogens (tertiary/aromatic N) is 2. The third-order valence-corrected chi connectivity index (χ3v) is 7.01. The average Bonchev–Trinajstić information content (AvgIpc) is 2.85. The van der Waals surface area contributed by atoms with Crippen LogP contribution in [0.2, 0.25) is 0 Å². The molecule has 0 unspecified atom stereocenters. The van der Waals surface area contributed by atoms with Gasteiger partial charge < -0.3 is 11.5 Å². The summed E-state index contributed by atoms with van der Waals surface area (Å²) in [4.78, 5) is 7.88. The van der Waals surface area contributed by atoms with Crippen molar-refractivity contribution in [1.29, 1.82) is 0 Å². The summed E-state index contributed by atoms with van der Waals surface area (Å²) in [5.74, 6) is -1.81. The van der Waals surface area contributed by atoms with Crippen LogP contribution in [-0.2, 0) is 10.0 Å². The van der Waals surface area contributed by atoms with Gasteiger partial charge in [0.2, 0.25) is 0 Å². The van der Waals surface area contributed by atoms with E-state index < -0.39 is 26.6 Å². The predicted octanol–water partition coefficient (Wildman–Crippen LogP) is 5.21. The molecule has 0 saturated carbocycles. The molecule has 10 heteroatoms. The standard InChI is InChI=1S/C26H19F2N5O2S/c27-19-7-9-24(21(28)13-19)36(34,35)33-23-12-18(14-31-26(23)30)16-6-8-22-17(10-16)11-20(25(29)32-22)15-4-2-1-3-5-15/h1-14,33H,(H2,29,32)(H2,30,31). The maximum atomic E-state index is 14.1. The van der Waals surface area contributed by atoms with Gasteiger partial charge in [0, 0.05) is 28.8 Å². The lowest BCUT2D eigenvalue weighted by Crippen LogP contribution is -2.16. The second kappa shape index (κ2) is 8.90. The normalized spacial score (nSPS) is 11.5. The van der Waals surface area contributed by atoms with E-state index in [0.717, 1.165) is 28.6 Å². The SMILES string of the molecule is Nc1ncc(-c2ccc3nc(N)c(-c4ccccc4)cc3c2)cc1NS(=O)(=O)c1ccc(F)cc1F. The zero-order valence-electron chi connectivity index (χ0n) is 18.6. The lowest BCUT2D eigenvalue weighted by molar-refractivity contribution is 0.551. The molecule has 0 aliphatic heterocycles. The molecule has 0 aliphatic carbocycles. The topological polar surface area (TPSA) is 124 Å². The summed E-state index contributed by atoms with van der Waals surface area (Å²) in [5, 5.41) is 0.813. The first-order valence-corrected chi connectivity index (χ1v) is 12.2. The largest absolute Gasteiger partial charge is 0.383 e. The number of hydrogen-bond donors (Lipinski definition) is 3. The van der Waals surface area contributed by atoms with E-state index >= 15 is 0 Å². The van der Waals surface area contributed by atoms with Crippen molar-refractivity contribution in [3.05, 3.63) is 96.7 Å². The summed E-state index contributed by atoms with van der Waals surface area (Å²) in [6.45, 7) is 0. The highest BCUT2D eigenvalue weighted by Crippen LogP contribution is 2.32. The molecule has 0 spiro atoms. The number of sulfonamides is 1. The van der Waals surface area contributed by atoms with Crippen LogP contribution in [0.3, 0.4) is 0 Å². The van der Waals surface area contributed by atoms with E-state index in [1.165, 1.54) is 12.3 Å². The van der Waals surface area contributed by atoms with Crippen LogP contribution in [0.1, 0.15) is 0 Å². The molecule has 2 aromatic heterocycles. The second-order valence-corrected chi connectivity index (χ2v) is 9.68. The molecule has 5 aromatic rings.